The van der Waals surface area contributed by atoms with Gasteiger partial charge in [0.05, 0.1) is 12.1 Å². The lowest BCUT2D eigenvalue weighted by Gasteiger charge is -2.14. The molecule has 2 atom stereocenters. The van der Waals surface area contributed by atoms with Gasteiger partial charge in [-0.3, -0.25) is 4.21 Å². The molecule has 4 aromatic rings. The van der Waals surface area contributed by atoms with E-state index >= 15 is 0 Å². The number of H-pyrrole nitrogens is 1. The van der Waals surface area contributed by atoms with Crippen LogP contribution < -0.4 is 10.1 Å². The number of ether oxygens (including phenoxy) is 1. The highest BCUT2D eigenvalue weighted by Crippen LogP contribution is 2.39. The molecule has 1 unspecified atom stereocenters. The van der Waals surface area contributed by atoms with E-state index in [-0.39, 0.29) is 0 Å². The second-order valence-corrected chi connectivity index (χ2v) is 11.4. The van der Waals surface area contributed by atoms with Crippen molar-refractivity contribution in [3.05, 3.63) is 54.2 Å². The normalized spacial score (nSPS) is 18.2. The third kappa shape index (κ3) is 3.78. The van der Waals surface area contributed by atoms with Crippen LogP contribution in [0.5, 0.6) is 5.75 Å². The lowest BCUT2D eigenvalue weighted by Crippen LogP contribution is -2.15. The van der Waals surface area contributed by atoms with Gasteiger partial charge in [-0.1, -0.05) is 19.1 Å². The molecule has 32 heavy (non-hydrogen) atoms. The molecule has 0 saturated carbocycles. The number of pyridine rings is 1. The highest BCUT2D eigenvalue weighted by atomic mass is 32.2. The highest BCUT2D eigenvalue weighted by molar-refractivity contribution is 8.00. The fourth-order valence-corrected chi connectivity index (χ4v) is 5.45. The molecular formula is C26H29N3O2S. The van der Waals surface area contributed by atoms with Gasteiger partial charge in [-0.2, -0.15) is 0 Å². The maximum atomic E-state index is 12.9. The molecule has 2 aromatic carbocycles. The summed E-state index contributed by atoms with van der Waals surface area (Å²) in [4.78, 5) is 8.91. The summed E-state index contributed by atoms with van der Waals surface area (Å²) in [5.74, 6) is 5.87. The van der Waals surface area contributed by atoms with Crippen molar-refractivity contribution < 1.29 is 8.95 Å². The minimum atomic E-state index is -2.29. The van der Waals surface area contributed by atoms with Crippen LogP contribution in [-0.4, -0.2) is 45.5 Å². The predicted molar refractivity (Wildman–Crippen MR) is 134 cm³/mol. The van der Waals surface area contributed by atoms with Crippen molar-refractivity contribution in [2.45, 2.75) is 25.2 Å². The molecule has 2 N–H and O–H groups in total. The van der Waals surface area contributed by atoms with Crippen LogP contribution in [0.1, 0.15) is 18.9 Å². The molecule has 0 bridgehead atoms. The molecule has 1 aliphatic heterocycles. The summed E-state index contributed by atoms with van der Waals surface area (Å²) in [6.45, 7) is 6.72. The number of fused-ring (bicyclic) bond motifs is 3. The largest absolute Gasteiger partial charge is 0.491 e. The van der Waals surface area contributed by atoms with Gasteiger partial charge in [0.2, 0.25) is 0 Å². The van der Waals surface area contributed by atoms with Gasteiger partial charge >= 0.3 is 0 Å². The summed E-state index contributed by atoms with van der Waals surface area (Å²) < 4.78 is 19.2. The maximum absolute atomic E-state index is 12.9. The Hall–Kier alpha value is -2.83. The second kappa shape index (κ2) is 8.26. The number of nitrogens with zero attached hydrogens (tertiary/aromatic N) is 1. The quantitative estimate of drug-likeness (QED) is 0.418. The van der Waals surface area contributed by atoms with Gasteiger partial charge in [-0.15, -0.1) is 0 Å². The molecule has 6 heteroatoms. The van der Waals surface area contributed by atoms with Crippen molar-refractivity contribution in [2.24, 2.45) is 5.92 Å². The van der Waals surface area contributed by atoms with E-state index in [1.165, 1.54) is 0 Å². The van der Waals surface area contributed by atoms with Crippen molar-refractivity contribution in [3.63, 3.8) is 0 Å². The highest BCUT2D eigenvalue weighted by Gasteiger charge is 2.19. The molecule has 166 valence electrons. The third-order valence-corrected chi connectivity index (χ3v) is 8.43. The SMILES string of the molecule is C=S(=O)(CC)c1cccc(-c2ccc(OC[C@H]3CCNC3)c3[nH]c4ncc(C)cc4c23)c1. The molecule has 3 heterocycles. The van der Waals surface area contributed by atoms with Crippen molar-refractivity contribution >= 4 is 37.3 Å². The van der Waals surface area contributed by atoms with E-state index in [0.29, 0.717) is 18.3 Å². The van der Waals surface area contributed by atoms with Gasteiger partial charge in [0, 0.05) is 40.1 Å². The number of aromatic nitrogens is 2. The molecule has 5 rings (SSSR count). The van der Waals surface area contributed by atoms with Crippen molar-refractivity contribution in [1.82, 2.24) is 15.3 Å². The van der Waals surface area contributed by atoms with Gasteiger partial charge in [-0.05, 0) is 82.3 Å². The van der Waals surface area contributed by atoms with Gasteiger partial charge < -0.3 is 15.0 Å². The Labute approximate surface area is 189 Å². The zero-order valence-corrected chi connectivity index (χ0v) is 19.4. The number of rotatable bonds is 6. The Morgan fingerprint density at radius 2 is 2.12 bits per heavy atom. The standard InChI is InChI=1S/C26H29N3O2S/c1-4-32(3,30)20-7-5-6-19(13-20)21-8-9-23(31-16-18-10-11-27-15-18)25-24(21)22-12-17(2)14-28-26(22)29-25/h5-9,12-14,18,27H,3-4,10-11,15-16H2,1-2H3,(H,28,29)/t18-,32?/m0/s1. The average molecular weight is 448 g/mol. The van der Waals surface area contributed by atoms with Crippen LogP contribution in [0.4, 0.5) is 0 Å². The van der Waals surface area contributed by atoms with Gasteiger partial charge in [-0.25, -0.2) is 4.98 Å². The Balaban J connectivity index is 1.68. The summed E-state index contributed by atoms with van der Waals surface area (Å²) in [5, 5.41) is 5.55. The van der Waals surface area contributed by atoms with E-state index in [1.807, 2.05) is 37.4 Å². The minimum Gasteiger partial charge on any atom is -0.491 e. The van der Waals surface area contributed by atoms with Crippen LogP contribution in [0.2, 0.25) is 0 Å². The number of nitrogens with one attached hydrogen (secondary N) is 2. The zero-order chi connectivity index (χ0) is 22.3. The monoisotopic (exact) mass is 447 g/mol. The fourth-order valence-electron chi connectivity index (χ4n) is 4.45. The van der Waals surface area contributed by atoms with E-state index in [2.05, 4.69) is 46.3 Å². The van der Waals surface area contributed by atoms with Crippen LogP contribution in [-0.2, 0) is 9.52 Å². The topological polar surface area (TPSA) is 67.0 Å². The summed E-state index contributed by atoms with van der Waals surface area (Å²) in [5.41, 5.74) is 5.00. The van der Waals surface area contributed by atoms with Crippen LogP contribution in [0, 0.1) is 12.8 Å². The Morgan fingerprint density at radius 1 is 1.25 bits per heavy atom. The molecule has 0 aliphatic carbocycles. The molecule has 1 saturated heterocycles. The fraction of sp³-hybridized carbons (Fsp3) is 0.308. The van der Waals surface area contributed by atoms with E-state index in [0.717, 1.165) is 68.8 Å². The second-order valence-electron chi connectivity index (χ2n) is 8.69. The van der Waals surface area contributed by atoms with Gasteiger partial charge in [0.1, 0.15) is 11.4 Å². The Kier molecular flexibility index (Phi) is 5.43. The molecule has 5 nitrogen and oxygen atoms in total. The van der Waals surface area contributed by atoms with E-state index in [9.17, 15) is 4.21 Å². The van der Waals surface area contributed by atoms with Gasteiger partial charge in [0.25, 0.3) is 0 Å². The van der Waals surface area contributed by atoms with Crippen molar-refractivity contribution in [1.29, 1.82) is 0 Å². The first-order chi connectivity index (χ1) is 15.5. The first kappa shape index (κ1) is 21.0. The van der Waals surface area contributed by atoms with E-state index in [4.69, 9.17) is 4.74 Å². The first-order valence-electron chi connectivity index (χ1n) is 11.2. The molecule has 2 aromatic heterocycles. The van der Waals surface area contributed by atoms with Crippen molar-refractivity contribution in [3.8, 4) is 16.9 Å². The van der Waals surface area contributed by atoms with Crippen LogP contribution in [0.25, 0.3) is 33.1 Å². The van der Waals surface area contributed by atoms with Gasteiger partial charge in [0.15, 0.2) is 0 Å². The molecule has 1 fully saturated rings. The van der Waals surface area contributed by atoms with Crippen LogP contribution >= 0.6 is 0 Å². The number of hydrogen-bond acceptors (Lipinski definition) is 4. The Bertz CT molecular complexity index is 1400. The lowest BCUT2D eigenvalue weighted by molar-refractivity contribution is 0.262. The maximum Gasteiger partial charge on any atom is 0.143 e. The summed E-state index contributed by atoms with van der Waals surface area (Å²) in [7, 11) is -2.29. The molecule has 0 spiro atoms. The third-order valence-electron chi connectivity index (χ3n) is 6.38. The first-order valence-corrected chi connectivity index (χ1v) is 13.1. The Morgan fingerprint density at radius 3 is 2.91 bits per heavy atom. The molecule has 0 amide bonds. The van der Waals surface area contributed by atoms with Crippen LogP contribution in [0.15, 0.2) is 53.6 Å². The lowest BCUT2D eigenvalue weighted by atomic mass is 9.99. The van der Waals surface area contributed by atoms with E-state index < -0.39 is 9.52 Å². The smallest absolute Gasteiger partial charge is 0.143 e. The number of benzene rings is 2. The number of aromatic amines is 1. The number of hydrogen-bond donors (Lipinski definition) is 2. The minimum absolute atomic E-state index is 0.519. The summed E-state index contributed by atoms with van der Waals surface area (Å²) in [6.07, 6.45) is 3.02. The summed E-state index contributed by atoms with van der Waals surface area (Å²) in [6, 6.07) is 14.3. The molecule has 0 radical (unpaired) electrons. The van der Waals surface area contributed by atoms with E-state index in [1.54, 1.807) is 0 Å². The summed E-state index contributed by atoms with van der Waals surface area (Å²) >= 11 is 0. The number of aryl methyl sites for hydroxylation is 1. The van der Waals surface area contributed by atoms with Crippen LogP contribution in [0.3, 0.4) is 0 Å². The zero-order valence-electron chi connectivity index (χ0n) is 18.6. The average Bonchev–Trinajstić information content (AvgIpc) is 3.45. The molecule has 1 aliphatic rings. The van der Waals surface area contributed by atoms with Crippen molar-refractivity contribution in [2.75, 3.05) is 25.4 Å². The predicted octanol–water partition coefficient (Wildman–Crippen LogP) is 4.78. The molecular weight excluding hydrogens is 418 g/mol.